The van der Waals surface area contributed by atoms with Crippen LogP contribution in [0.2, 0.25) is 0 Å². The zero-order chi connectivity index (χ0) is 17.2. The van der Waals surface area contributed by atoms with Crippen LogP contribution >= 0.6 is 12.4 Å². The van der Waals surface area contributed by atoms with Gasteiger partial charge in [0.2, 0.25) is 5.91 Å². The summed E-state index contributed by atoms with van der Waals surface area (Å²) in [6.45, 7) is 2.56. The van der Waals surface area contributed by atoms with Crippen LogP contribution in [0.1, 0.15) is 29.5 Å². The van der Waals surface area contributed by atoms with Crippen LogP contribution in [0, 0.1) is 5.82 Å². The highest BCUT2D eigenvalue weighted by Gasteiger charge is 2.35. The number of nitrogens with one attached hydrogen (secondary N) is 1. The van der Waals surface area contributed by atoms with Gasteiger partial charge in [0.25, 0.3) is 0 Å². The number of hydrogen-bond acceptors (Lipinski definition) is 3. The molecule has 0 radical (unpaired) electrons. The third-order valence-electron chi connectivity index (χ3n) is 5.02. The molecule has 0 aromatic heterocycles. The van der Waals surface area contributed by atoms with E-state index in [9.17, 15) is 9.18 Å². The molecule has 1 fully saturated rings. The van der Waals surface area contributed by atoms with E-state index in [-0.39, 0.29) is 36.1 Å². The molecule has 0 spiro atoms. The largest absolute Gasteiger partial charge is 0.493 e. The fraction of sp³-hybridized carbons (Fsp3) is 0.350. The van der Waals surface area contributed by atoms with Gasteiger partial charge in [0.05, 0.1) is 18.6 Å². The Labute approximate surface area is 158 Å². The Bertz CT molecular complexity index is 786. The smallest absolute Gasteiger partial charge is 0.230 e. The van der Waals surface area contributed by atoms with Crippen molar-refractivity contribution in [1.82, 2.24) is 10.2 Å². The van der Waals surface area contributed by atoms with Crippen LogP contribution in [0.25, 0.3) is 0 Å². The van der Waals surface area contributed by atoms with Crippen LogP contribution in [0.3, 0.4) is 0 Å². The summed E-state index contributed by atoms with van der Waals surface area (Å²) in [5.74, 6) is 0.432. The van der Waals surface area contributed by atoms with Crippen molar-refractivity contribution >= 4 is 18.3 Å². The van der Waals surface area contributed by atoms with Crippen LogP contribution in [0.4, 0.5) is 4.39 Å². The van der Waals surface area contributed by atoms with Crippen LogP contribution in [0.5, 0.6) is 5.75 Å². The van der Waals surface area contributed by atoms with E-state index < -0.39 is 0 Å². The number of nitrogens with zero attached hydrogens (tertiary/aromatic N) is 1. The van der Waals surface area contributed by atoms with Crippen LogP contribution in [0.15, 0.2) is 48.5 Å². The average molecular weight is 377 g/mol. The van der Waals surface area contributed by atoms with Gasteiger partial charge in [-0.2, -0.15) is 0 Å². The van der Waals surface area contributed by atoms with Gasteiger partial charge in [0, 0.05) is 25.2 Å². The van der Waals surface area contributed by atoms with E-state index in [2.05, 4.69) is 5.32 Å². The normalized spacial score (nSPS) is 22.0. The molecule has 26 heavy (non-hydrogen) atoms. The van der Waals surface area contributed by atoms with E-state index in [1.807, 2.05) is 35.2 Å². The van der Waals surface area contributed by atoms with Gasteiger partial charge >= 0.3 is 0 Å². The molecule has 0 aliphatic carbocycles. The first-order valence-corrected chi connectivity index (χ1v) is 8.72. The number of ether oxygens (including phenoxy) is 1. The maximum absolute atomic E-state index is 13.7. The second-order valence-corrected chi connectivity index (χ2v) is 6.53. The van der Waals surface area contributed by atoms with E-state index in [1.165, 1.54) is 12.1 Å². The third-order valence-corrected chi connectivity index (χ3v) is 5.02. The number of benzene rings is 2. The Morgan fingerprint density at radius 2 is 2.04 bits per heavy atom. The molecular formula is C20H22ClFN2O2. The van der Waals surface area contributed by atoms with E-state index in [1.54, 1.807) is 6.07 Å². The number of hydrogen-bond donors (Lipinski definition) is 1. The Balaban J connectivity index is 0.00000196. The van der Waals surface area contributed by atoms with Gasteiger partial charge in [-0.1, -0.05) is 30.3 Å². The summed E-state index contributed by atoms with van der Waals surface area (Å²) in [5.41, 5.74) is 1.79. The molecule has 0 bridgehead atoms. The molecule has 1 saturated heterocycles. The topological polar surface area (TPSA) is 41.6 Å². The first-order chi connectivity index (χ1) is 12.2. The summed E-state index contributed by atoms with van der Waals surface area (Å²) in [7, 11) is 0. The molecule has 0 saturated carbocycles. The Kier molecular flexibility index (Phi) is 5.79. The SMILES string of the molecule is Cl.O=C(C1CCOc2ccccc21)N1CCNCC1c1cccc(F)c1. The summed E-state index contributed by atoms with van der Waals surface area (Å²) in [5, 5.41) is 3.32. The molecular weight excluding hydrogens is 355 g/mol. The second kappa shape index (κ2) is 8.06. The Hall–Kier alpha value is -2.11. The van der Waals surface area contributed by atoms with Crippen molar-refractivity contribution in [1.29, 1.82) is 0 Å². The first kappa shape index (κ1) is 18.7. The van der Waals surface area contributed by atoms with Gasteiger partial charge in [-0.25, -0.2) is 4.39 Å². The molecule has 6 heteroatoms. The van der Waals surface area contributed by atoms with Gasteiger partial charge < -0.3 is 15.0 Å². The summed E-state index contributed by atoms with van der Waals surface area (Å²) in [4.78, 5) is 15.2. The maximum atomic E-state index is 13.7. The fourth-order valence-electron chi connectivity index (χ4n) is 3.78. The zero-order valence-corrected chi connectivity index (χ0v) is 15.2. The lowest BCUT2D eigenvalue weighted by atomic mass is 9.90. The van der Waals surface area contributed by atoms with Crippen LogP contribution < -0.4 is 10.1 Å². The standard InChI is InChI=1S/C20H21FN2O2.ClH/c21-15-5-3-4-14(12-15)18-13-22-9-10-23(18)20(24)17-8-11-25-19-7-2-1-6-16(17)19;/h1-7,12,17-18,22H,8-11,13H2;1H. The molecule has 2 atom stereocenters. The number of carbonyl (C=O) groups excluding carboxylic acids is 1. The molecule has 2 aromatic carbocycles. The molecule has 4 nitrogen and oxygen atoms in total. The van der Waals surface area contributed by atoms with Gasteiger partial charge in [-0.3, -0.25) is 4.79 Å². The maximum Gasteiger partial charge on any atom is 0.230 e. The lowest BCUT2D eigenvalue weighted by Gasteiger charge is -2.39. The van der Waals surface area contributed by atoms with Crippen molar-refractivity contribution in [3.63, 3.8) is 0 Å². The monoisotopic (exact) mass is 376 g/mol. The average Bonchev–Trinajstić information content (AvgIpc) is 2.67. The highest BCUT2D eigenvalue weighted by atomic mass is 35.5. The number of piperazine rings is 1. The lowest BCUT2D eigenvalue weighted by Crippen LogP contribution is -2.50. The minimum atomic E-state index is -0.271. The van der Waals surface area contributed by atoms with Crippen molar-refractivity contribution in [3.05, 3.63) is 65.5 Å². The van der Waals surface area contributed by atoms with Crippen molar-refractivity contribution in [2.24, 2.45) is 0 Å². The summed E-state index contributed by atoms with van der Waals surface area (Å²) >= 11 is 0. The lowest BCUT2D eigenvalue weighted by molar-refractivity contribution is -0.137. The van der Waals surface area contributed by atoms with Crippen molar-refractivity contribution in [2.75, 3.05) is 26.2 Å². The predicted octanol–water partition coefficient (Wildman–Crippen LogP) is 3.29. The predicted molar refractivity (Wildman–Crippen MR) is 100 cm³/mol. The summed E-state index contributed by atoms with van der Waals surface area (Å²) in [6, 6.07) is 14.1. The minimum Gasteiger partial charge on any atom is -0.493 e. The molecule has 1 amide bonds. The van der Waals surface area contributed by atoms with Gasteiger partial charge in [-0.05, 0) is 30.2 Å². The minimum absolute atomic E-state index is 0. The van der Waals surface area contributed by atoms with E-state index in [4.69, 9.17) is 4.74 Å². The second-order valence-electron chi connectivity index (χ2n) is 6.53. The van der Waals surface area contributed by atoms with E-state index in [0.717, 1.165) is 23.4 Å². The van der Waals surface area contributed by atoms with Gasteiger partial charge in [-0.15, -0.1) is 12.4 Å². The van der Waals surface area contributed by atoms with Crippen LogP contribution in [-0.4, -0.2) is 37.0 Å². The van der Waals surface area contributed by atoms with Gasteiger partial charge in [0.15, 0.2) is 0 Å². The number of para-hydroxylation sites is 1. The van der Waals surface area contributed by atoms with Crippen LogP contribution in [-0.2, 0) is 4.79 Å². The summed E-state index contributed by atoms with van der Waals surface area (Å²) < 4.78 is 19.3. The zero-order valence-electron chi connectivity index (χ0n) is 14.4. The number of amides is 1. The number of carbonyl (C=O) groups is 1. The molecule has 2 heterocycles. The first-order valence-electron chi connectivity index (χ1n) is 8.72. The molecule has 2 aliphatic rings. The number of rotatable bonds is 2. The Morgan fingerprint density at radius 3 is 2.88 bits per heavy atom. The quantitative estimate of drug-likeness (QED) is 0.874. The van der Waals surface area contributed by atoms with E-state index >= 15 is 0 Å². The molecule has 2 aromatic rings. The Morgan fingerprint density at radius 1 is 1.19 bits per heavy atom. The van der Waals surface area contributed by atoms with E-state index in [0.29, 0.717) is 26.1 Å². The highest BCUT2D eigenvalue weighted by Crippen LogP contribution is 2.36. The van der Waals surface area contributed by atoms with Crippen molar-refractivity contribution in [3.8, 4) is 5.75 Å². The molecule has 138 valence electrons. The number of halogens is 2. The van der Waals surface area contributed by atoms with Crippen molar-refractivity contribution < 1.29 is 13.9 Å². The molecule has 2 unspecified atom stereocenters. The highest BCUT2D eigenvalue weighted by molar-refractivity contribution is 5.85. The van der Waals surface area contributed by atoms with Gasteiger partial charge in [0.1, 0.15) is 11.6 Å². The molecule has 2 aliphatic heterocycles. The van der Waals surface area contributed by atoms with Crippen molar-refractivity contribution in [2.45, 2.75) is 18.4 Å². The third kappa shape index (κ3) is 3.55. The molecule has 4 rings (SSSR count). The fourth-order valence-corrected chi connectivity index (χ4v) is 3.78. The number of fused-ring (bicyclic) bond motifs is 1. The molecule has 1 N–H and O–H groups in total. The summed E-state index contributed by atoms with van der Waals surface area (Å²) in [6.07, 6.45) is 0.676.